The van der Waals surface area contributed by atoms with Crippen LogP contribution in [0.1, 0.15) is 6.42 Å². The minimum Gasteiger partial charge on any atom is -0.385 e. The Morgan fingerprint density at radius 3 is 2.81 bits per heavy atom. The topological polar surface area (TPSA) is 99.2 Å². The molecule has 0 bridgehead atoms. The van der Waals surface area contributed by atoms with Gasteiger partial charge < -0.3 is 10.5 Å². The van der Waals surface area contributed by atoms with Crippen molar-refractivity contribution in [2.75, 3.05) is 26.0 Å². The number of methoxy groups -OCH3 is 1. The highest BCUT2D eigenvalue weighted by molar-refractivity contribution is 7.89. The fourth-order valence-electron chi connectivity index (χ4n) is 1.19. The molecule has 1 aromatic heterocycles. The van der Waals surface area contributed by atoms with Gasteiger partial charge in [-0.05, 0) is 6.42 Å². The fraction of sp³-hybridized carbons (Fsp3) is 0.625. The summed E-state index contributed by atoms with van der Waals surface area (Å²) in [6.07, 6.45) is 1.98. The molecule has 1 heterocycles. The first-order valence-corrected chi connectivity index (χ1v) is 6.23. The average Bonchev–Trinajstić information content (AvgIpc) is 2.53. The normalized spacial score (nSPS) is 11.9. The smallest absolute Gasteiger partial charge is 0.245 e. The van der Waals surface area contributed by atoms with Crippen LogP contribution in [0.25, 0.3) is 0 Å². The molecule has 0 aromatic carbocycles. The standard InChI is InChI=1S/C8H16N4O3S/c1-12-6-7(8(9)11-12)16(13,14)10-4-3-5-15-2/h6,10H,3-5H2,1-2H3,(H2,9,11). The molecule has 16 heavy (non-hydrogen) atoms. The van der Waals surface area contributed by atoms with E-state index in [2.05, 4.69) is 9.82 Å². The minimum atomic E-state index is -3.56. The van der Waals surface area contributed by atoms with E-state index < -0.39 is 10.0 Å². The van der Waals surface area contributed by atoms with Gasteiger partial charge in [-0.25, -0.2) is 13.1 Å². The number of nitrogens with one attached hydrogen (secondary N) is 1. The number of hydrogen-bond donors (Lipinski definition) is 2. The SMILES string of the molecule is COCCCNS(=O)(=O)c1cn(C)nc1N. The number of nitrogens with two attached hydrogens (primary N) is 1. The van der Waals surface area contributed by atoms with Gasteiger partial charge in [-0.3, -0.25) is 4.68 Å². The molecule has 0 aliphatic rings. The van der Waals surface area contributed by atoms with E-state index in [0.717, 1.165) is 0 Å². The molecule has 0 fully saturated rings. The summed E-state index contributed by atoms with van der Waals surface area (Å²) in [5, 5.41) is 3.77. The Balaban J connectivity index is 2.67. The van der Waals surface area contributed by atoms with Crippen LogP contribution in [0, 0.1) is 0 Å². The molecule has 0 unspecified atom stereocenters. The average molecular weight is 248 g/mol. The molecule has 0 radical (unpaired) electrons. The molecule has 0 spiro atoms. The lowest BCUT2D eigenvalue weighted by Crippen LogP contribution is -2.25. The number of aromatic nitrogens is 2. The van der Waals surface area contributed by atoms with Crippen molar-refractivity contribution < 1.29 is 13.2 Å². The van der Waals surface area contributed by atoms with Gasteiger partial charge in [-0.1, -0.05) is 0 Å². The van der Waals surface area contributed by atoms with Crippen molar-refractivity contribution >= 4 is 15.8 Å². The monoisotopic (exact) mass is 248 g/mol. The van der Waals surface area contributed by atoms with Gasteiger partial charge in [0, 0.05) is 33.5 Å². The molecule has 0 saturated carbocycles. The molecule has 0 saturated heterocycles. The second-order valence-corrected chi connectivity index (χ2v) is 5.03. The van der Waals surface area contributed by atoms with Crippen LogP contribution in [-0.2, 0) is 21.8 Å². The summed E-state index contributed by atoms with van der Waals surface area (Å²) in [6.45, 7) is 0.815. The summed E-state index contributed by atoms with van der Waals surface area (Å²) in [6, 6.07) is 0. The third kappa shape index (κ3) is 3.19. The Morgan fingerprint density at radius 1 is 1.62 bits per heavy atom. The second-order valence-electron chi connectivity index (χ2n) is 3.30. The number of sulfonamides is 1. The highest BCUT2D eigenvalue weighted by Crippen LogP contribution is 2.14. The number of aryl methyl sites for hydroxylation is 1. The van der Waals surface area contributed by atoms with Crippen molar-refractivity contribution in [3.8, 4) is 0 Å². The fourth-order valence-corrected chi connectivity index (χ4v) is 2.37. The molecule has 0 aliphatic heterocycles. The van der Waals surface area contributed by atoms with E-state index in [1.165, 1.54) is 10.9 Å². The lowest BCUT2D eigenvalue weighted by atomic mass is 10.5. The van der Waals surface area contributed by atoms with Crippen LogP contribution in [0.3, 0.4) is 0 Å². The molecule has 0 amide bonds. The lowest BCUT2D eigenvalue weighted by molar-refractivity contribution is 0.196. The zero-order valence-corrected chi connectivity index (χ0v) is 10.1. The van der Waals surface area contributed by atoms with Crippen molar-refractivity contribution in [1.29, 1.82) is 0 Å². The summed E-state index contributed by atoms with van der Waals surface area (Å²) in [5.74, 6) is 0.00161. The maximum absolute atomic E-state index is 11.7. The van der Waals surface area contributed by atoms with E-state index in [1.807, 2.05) is 0 Å². The Morgan fingerprint density at radius 2 is 2.31 bits per heavy atom. The lowest BCUT2D eigenvalue weighted by Gasteiger charge is -2.04. The van der Waals surface area contributed by atoms with Crippen LogP contribution in [0.15, 0.2) is 11.1 Å². The quantitative estimate of drug-likeness (QED) is 0.650. The zero-order chi connectivity index (χ0) is 12.2. The molecule has 1 rings (SSSR count). The number of nitrogen functional groups attached to an aromatic ring is 1. The number of anilines is 1. The summed E-state index contributed by atoms with van der Waals surface area (Å²) >= 11 is 0. The Hall–Kier alpha value is -1.12. The van der Waals surface area contributed by atoms with Gasteiger partial charge in [0.15, 0.2) is 5.82 Å². The Kier molecular flexibility index (Phi) is 4.27. The number of ether oxygens (including phenoxy) is 1. The number of rotatable bonds is 6. The van der Waals surface area contributed by atoms with E-state index in [4.69, 9.17) is 10.5 Å². The summed E-state index contributed by atoms with van der Waals surface area (Å²) in [7, 11) is -0.390. The first kappa shape index (κ1) is 12.9. The number of nitrogens with zero attached hydrogens (tertiary/aromatic N) is 2. The highest BCUT2D eigenvalue weighted by Gasteiger charge is 2.19. The largest absolute Gasteiger partial charge is 0.385 e. The maximum atomic E-state index is 11.7. The van der Waals surface area contributed by atoms with Crippen LogP contribution < -0.4 is 10.5 Å². The molecule has 7 nitrogen and oxygen atoms in total. The first-order chi connectivity index (χ1) is 7.47. The third-order valence-corrected chi connectivity index (χ3v) is 3.41. The van der Waals surface area contributed by atoms with Gasteiger partial charge in [-0.15, -0.1) is 0 Å². The molecule has 92 valence electrons. The van der Waals surface area contributed by atoms with Crippen molar-refractivity contribution in [2.45, 2.75) is 11.3 Å². The second kappa shape index (κ2) is 5.28. The van der Waals surface area contributed by atoms with Crippen LogP contribution >= 0.6 is 0 Å². The number of hydrogen-bond acceptors (Lipinski definition) is 5. The molecular formula is C8H16N4O3S. The van der Waals surface area contributed by atoms with Gasteiger partial charge in [0.2, 0.25) is 10.0 Å². The molecule has 1 aromatic rings. The summed E-state index contributed by atoms with van der Waals surface area (Å²) in [5.41, 5.74) is 5.48. The summed E-state index contributed by atoms with van der Waals surface area (Å²) < 4.78 is 32.1. The van der Waals surface area contributed by atoms with E-state index in [9.17, 15) is 8.42 Å². The summed E-state index contributed by atoms with van der Waals surface area (Å²) in [4.78, 5) is 0.00687. The Bertz CT molecular complexity index is 440. The van der Waals surface area contributed by atoms with Gasteiger partial charge in [0.1, 0.15) is 4.90 Å². The first-order valence-electron chi connectivity index (χ1n) is 4.75. The van der Waals surface area contributed by atoms with Crippen molar-refractivity contribution in [3.63, 3.8) is 0 Å². The molecule has 0 aliphatic carbocycles. The zero-order valence-electron chi connectivity index (χ0n) is 9.30. The van der Waals surface area contributed by atoms with E-state index >= 15 is 0 Å². The van der Waals surface area contributed by atoms with Crippen molar-refractivity contribution in [2.24, 2.45) is 7.05 Å². The Labute approximate surface area is 94.6 Å². The molecule has 0 atom stereocenters. The maximum Gasteiger partial charge on any atom is 0.245 e. The molecule has 8 heteroatoms. The van der Waals surface area contributed by atoms with Crippen molar-refractivity contribution in [1.82, 2.24) is 14.5 Å². The van der Waals surface area contributed by atoms with Gasteiger partial charge >= 0.3 is 0 Å². The predicted octanol–water partition coefficient (Wildman–Crippen LogP) is -0.683. The predicted molar refractivity (Wildman–Crippen MR) is 59.3 cm³/mol. The highest BCUT2D eigenvalue weighted by atomic mass is 32.2. The van der Waals surface area contributed by atoms with E-state index in [-0.39, 0.29) is 10.7 Å². The van der Waals surface area contributed by atoms with Gasteiger partial charge in [-0.2, -0.15) is 5.10 Å². The van der Waals surface area contributed by atoms with Crippen LogP contribution in [0.2, 0.25) is 0 Å². The van der Waals surface area contributed by atoms with Gasteiger partial charge in [0.25, 0.3) is 0 Å². The van der Waals surface area contributed by atoms with Crippen molar-refractivity contribution in [3.05, 3.63) is 6.20 Å². The molecule has 3 N–H and O–H groups in total. The van der Waals surface area contributed by atoms with Crippen LogP contribution in [0.4, 0.5) is 5.82 Å². The van der Waals surface area contributed by atoms with Crippen LogP contribution in [0.5, 0.6) is 0 Å². The van der Waals surface area contributed by atoms with Crippen LogP contribution in [-0.4, -0.2) is 38.5 Å². The van der Waals surface area contributed by atoms with Gasteiger partial charge in [0.05, 0.1) is 0 Å². The van der Waals surface area contributed by atoms with E-state index in [1.54, 1.807) is 14.2 Å². The molecular weight excluding hydrogens is 232 g/mol. The minimum absolute atomic E-state index is 0.00161. The van der Waals surface area contributed by atoms with E-state index in [0.29, 0.717) is 19.6 Å². The third-order valence-electron chi connectivity index (χ3n) is 1.93.